The van der Waals surface area contributed by atoms with E-state index >= 15 is 0 Å². The molecule has 2 nitrogen and oxygen atoms in total. The molecule has 24 heavy (non-hydrogen) atoms. The molecule has 0 aliphatic heterocycles. The SMILES string of the molecule is NC(=S)N(C(=S)c1c(Br)cc(Br)cc1Br)c1cc(Cl)c(Cl)cc1Cl. The second-order valence-electron chi connectivity index (χ2n) is 4.44. The van der Waals surface area contributed by atoms with Crippen molar-refractivity contribution in [1.82, 2.24) is 0 Å². The molecule has 2 N–H and O–H groups in total. The lowest BCUT2D eigenvalue weighted by molar-refractivity contribution is 1.40. The highest BCUT2D eigenvalue weighted by Gasteiger charge is 2.24. The predicted octanol–water partition coefficient (Wildman–Crippen LogP) is 7.36. The molecule has 0 heterocycles. The minimum atomic E-state index is 0.0296. The number of benzene rings is 2. The van der Waals surface area contributed by atoms with Crippen molar-refractivity contribution in [2.75, 3.05) is 4.90 Å². The van der Waals surface area contributed by atoms with Gasteiger partial charge in [-0.2, -0.15) is 0 Å². The highest BCUT2D eigenvalue weighted by molar-refractivity contribution is 9.11. The number of anilines is 1. The molecule has 0 spiro atoms. The van der Waals surface area contributed by atoms with E-state index in [4.69, 9.17) is 65.0 Å². The van der Waals surface area contributed by atoms with Crippen LogP contribution in [0, 0.1) is 0 Å². The number of nitrogens with two attached hydrogens (primary N) is 1. The molecule has 2 aromatic rings. The summed E-state index contributed by atoms with van der Waals surface area (Å²) in [4.78, 5) is 1.82. The van der Waals surface area contributed by atoms with Gasteiger partial charge in [-0.1, -0.05) is 63.0 Å². The van der Waals surface area contributed by atoms with Gasteiger partial charge in [-0.15, -0.1) is 0 Å². The van der Waals surface area contributed by atoms with Crippen LogP contribution in [0.1, 0.15) is 5.56 Å². The van der Waals surface area contributed by atoms with Gasteiger partial charge in [0.2, 0.25) is 0 Å². The second-order valence-corrected chi connectivity index (χ2v) is 9.09. The molecule has 126 valence electrons. The first-order chi connectivity index (χ1) is 11.1. The third kappa shape index (κ3) is 4.43. The molecule has 0 atom stereocenters. The number of rotatable bonds is 2. The summed E-state index contributed by atoms with van der Waals surface area (Å²) >= 11 is 39.5. The molecular weight excluding hydrogens is 606 g/mol. The minimum absolute atomic E-state index is 0.0296. The van der Waals surface area contributed by atoms with Crippen molar-refractivity contribution in [2.24, 2.45) is 5.73 Å². The van der Waals surface area contributed by atoms with Crippen molar-refractivity contribution in [2.45, 2.75) is 0 Å². The number of halogens is 6. The van der Waals surface area contributed by atoms with Crippen LogP contribution in [0.15, 0.2) is 37.7 Å². The predicted molar refractivity (Wildman–Crippen MR) is 122 cm³/mol. The summed E-state index contributed by atoms with van der Waals surface area (Å²) in [6.45, 7) is 0. The largest absolute Gasteiger partial charge is 0.376 e. The smallest absolute Gasteiger partial charge is 0.176 e. The molecule has 0 aromatic heterocycles. The average Bonchev–Trinajstić information content (AvgIpc) is 2.43. The molecule has 0 aliphatic rings. The Morgan fingerprint density at radius 1 is 0.875 bits per heavy atom. The van der Waals surface area contributed by atoms with E-state index in [0.29, 0.717) is 31.3 Å². The van der Waals surface area contributed by atoms with Crippen LogP contribution < -0.4 is 10.6 Å². The molecule has 0 amide bonds. The van der Waals surface area contributed by atoms with Gasteiger partial charge in [-0.25, -0.2) is 0 Å². The van der Waals surface area contributed by atoms with Crippen LogP contribution in [-0.4, -0.2) is 10.1 Å². The van der Waals surface area contributed by atoms with Crippen molar-refractivity contribution in [3.8, 4) is 0 Å². The zero-order valence-corrected chi connectivity index (χ0v) is 20.1. The van der Waals surface area contributed by atoms with Crippen molar-refractivity contribution in [3.05, 3.63) is 58.3 Å². The third-order valence-corrected chi connectivity index (χ3v) is 6.18. The standard InChI is InChI=1S/C14H6Br3Cl3N2S2/c15-5-1-6(16)12(7(17)2-5)13(23)22(14(21)24)11-4-9(19)8(18)3-10(11)20/h1-4H,(H2,21,24). The summed E-state index contributed by atoms with van der Waals surface area (Å²) < 4.78 is 2.39. The fourth-order valence-corrected chi connectivity index (χ4v) is 6.06. The molecule has 0 aliphatic carbocycles. The molecule has 0 unspecified atom stereocenters. The minimum Gasteiger partial charge on any atom is -0.376 e. The highest BCUT2D eigenvalue weighted by Crippen LogP contribution is 2.37. The van der Waals surface area contributed by atoms with Crippen molar-refractivity contribution >= 4 is 123 Å². The number of hydrogen-bond donors (Lipinski definition) is 1. The molecule has 2 aromatic carbocycles. The van der Waals surface area contributed by atoms with Gasteiger partial charge in [0.15, 0.2) is 5.11 Å². The Labute approximate surface area is 190 Å². The Balaban J connectivity index is 2.64. The number of hydrogen-bond acceptors (Lipinski definition) is 2. The molecule has 0 fully saturated rings. The van der Waals surface area contributed by atoms with E-state index in [1.165, 1.54) is 11.0 Å². The van der Waals surface area contributed by atoms with E-state index in [1.54, 1.807) is 6.07 Å². The van der Waals surface area contributed by atoms with Gasteiger partial charge in [-0.3, -0.25) is 4.90 Å². The van der Waals surface area contributed by atoms with E-state index in [2.05, 4.69) is 47.8 Å². The van der Waals surface area contributed by atoms with E-state index in [9.17, 15) is 0 Å². The Morgan fingerprint density at radius 2 is 1.38 bits per heavy atom. The quantitative estimate of drug-likeness (QED) is 0.284. The van der Waals surface area contributed by atoms with Gasteiger partial charge < -0.3 is 5.73 Å². The summed E-state index contributed by atoms with van der Waals surface area (Å²) in [5.41, 5.74) is 7.04. The average molecular weight is 612 g/mol. The van der Waals surface area contributed by atoms with Gasteiger partial charge in [0.25, 0.3) is 0 Å². The first-order valence-electron chi connectivity index (χ1n) is 6.06. The maximum Gasteiger partial charge on any atom is 0.176 e. The van der Waals surface area contributed by atoms with Gasteiger partial charge >= 0.3 is 0 Å². The van der Waals surface area contributed by atoms with Gasteiger partial charge in [0.05, 0.1) is 20.8 Å². The normalized spacial score (nSPS) is 10.6. The zero-order chi connectivity index (χ0) is 18.2. The summed E-state index contributed by atoms with van der Waals surface area (Å²) in [6.07, 6.45) is 0. The van der Waals surface area contributed by atoms with Crippen LogP contribution in [0.3, 0.4) is 0 Å². The lowest BCUT2D eigenvalue weighted by atomic mass is 10.2. The fourth-order valence-electron chi connectivity index (χ4n) is 1.87. The number of thiocarbonyl (C=S) groups is 2. The molecule has 0 bridgehead atoms. The van der Waals surface area contributed by atoms with Crippen LogP contribution in [0.25, 0.3) is 0 Å². The third-order valence-electron chi connectivity index (χ3n) is 2.87. The monoisotopic (exact) mass is 608 g/mol. The van der Waals surface area contributed by atoms with E-state index in [-0.39, 0.29) is 5.11 Å². The van der Waals surface area contributed by atoms with Crippen LogP contribution >= 0.6 is 107 Å². The van der Waals surface area contributed by atoms with E-state index < -0.39 is 0 Å². The number of nitrogens with zero attached hydrogens (tertiary/aromatic N) is 1. The van der Waals surface area contributed by atoms with Crippen molar-refractivity contribution in [3.63, 3.8) is 0 Å². The van der Waals surface area contributed by atoms with Crippen LogP contribution in [0.5, 0.6) is 0 Å². The lowest BCUT2D eigenvalue weighted by Crippen LogP contribution is -2.40. The Bertz CT molecular complexity index is 838. The van der Waals surface area contributed by atoms with E-state index in [0.717, 1.165) is 13.4 Å². The Kier molecular flexibility index (Phi) is 7.36. The maximum atomic E-state index is 6.29. The first-order valence-corrected chi connectivity index (χ1v) is 10.4. The van der Waals surface area contributed by atoms with Crippen LogP contribution in [0.4, 0.5) is 5.69 Å². The van der Waals surface area contributed by atoms with Gasteiger partial charge in [0.1, 0.15) is 4.99 Å². The molecule has 10 heteroatoms. The first kappa shape index (κ1) is 20.8. The zero-order valence-electron chi connectivity index (χ0n) is 11.4. The Morgan fingerprint density at radius 3 is 1.88 bits per heavy atom. The van der Waals surface area contributed by atoms with Crippen molar-refractivity contribution in [1.29, 1.82) is 0 Å². The lowest BCUT2D eigenvalue weighted by Gasteiger charge is -2.26. The summed E-state index contributed by atoms with van der Waals surface area (Å²) in [5, 5.41) is 0.991. The van der Waals surface area contributed by atoms with Crippen LogP contribution in [-0.2, 0) is 0 Å². The summed E-state index contributed by atoms with van der Waals surface area (Å²) in [7, 11) is 0. The topological polar surface area (TPSA) is 29.3 Å². The van der Waals surface area contributed by atoms with Gasteiger partial charge in [0, 0.05) is 19.0 Å². The fraction of sp³-hybridized carbons (Fsp3) is 0. The molecule has 0 radical (unpaired) electrons. The molecule has 0 saturated heterocycles. The maximum absolute atomic E-state index is 6.29. The summed E-state index contributed by atoms with van der Waals surface area (Å²) in [5.74, 6) is 0. The summed E-state index contributed by atoms with van der Waals surface area (Å²) in [6, 6.07) is 6.81. The molecular formula is C14H6Br3Cl3N2S2. The molecule has 0 saturated carbocycles. The highest BCUT2D eigenvalue weighted by atomic mass is 79.9. The van der Waals surface area contributed by atoms with Crippen LogP contribution in [0.2, 0.25) is 15.1 Å². The van der Waals surface area contributed by atoms with E-state index in [1.807, 2.05) is 12.1 Å². The van der Waals surface area contributed by atoms with Gasteiger partial charge in [-0.05, 0) is 68.3 Å². The van der Waals surface area contributed by atoms with Crippen molar-refractivity contribution < 1.29 is 0 Å². The Hall–Kier alpha value is 0.530. The molecule has 2 rings (SSSR count). The second kappa shape index (κ2) is 8.48.